The number of rotatable bonds is 5. The maximum Gasteiger partial charge on any atom is 0.277 e. The van der Waals surface area contributed by atoms with Gasteiger partial charge in [0.25, 0.3) is 11.8 Å². The number of aryl methyl sites for hydroxylation is 1. The molecule has 25 heavy (non-hydrogen) atoms. The lowest BCUT2D eigenvalue weighted by Crippen LogP contribution is -2.25. The average molecular weight is 472 g/mol. The summed E-state index contributed by atoms with van der Waals surface area (Å²) in [6.45, 7) is 0.216. The van der Waals surface area contributed by atoms with E-state index in [-0.39, 0.29) is 23.6 Å². The number of halogens is 2. The fourth-order valence-corrected chi connectivity index (χ4v) is 2.68. The van der Waals surface area contributed by atoms with E-state index in [0.29, 0.717) is 14.8 Å². The molecule has 0 fully saturated rings. The van der Waals surface area contributed by atoms with Crippen molar-refractivity contribution in [2.24, 2.45) is 7.05 Å². The van der Waals surface area contributed by atoms with Gasteiger partial charge in [0.15, 0.2) is 11.4 Å². The van der Waals surface area contributed by atoms with Crippen molar-refractivity contribution in [3.8, 4) is 0 Å². The zero-order valence-corrected chi connectivity index (χ0v) is 16.0. The number of furan rings is 1. The number of H-pyrrole nitrogens is 1. The van der Waals surface area contributed by atoms with Gasteiger partial charge in [0.1, 0.15) is 10.4 Å². The molecule has 2 amide bonds. The Morgan fingerprint density at radius 1 is 1.32 bits per heavy atom. The second-order valence-electron chi connectivity index (χ2n) is 4.98. The lowest BCUT2D eigenvalue weighted by molar-refractivity contribution is 0.0943. The SMILES string of the molecule is Cn1cc(NC(=O)c2n[nH]c(Br)c2Br)c(C(=O)NCc2ccco2)n1. The van der Waals surface area contributed by atoms with Gasteiger partial charge in [0.05, 0.1) is 23.0 Å². The van der Waals surface area contributed by atoms with E-state index in [9.17, 15) is 9.59 Å². The topological polar surface area (TPSA) is 118 Å². The Labute approximate surface area is 158 Å². The normalized spacial score (nSPS) is 10.7. The predicted molar refractivity (Wildman–Crippen MR) is 95.0 cm³/mol. The molecule has 3 heterocycles. The van der Waals surface area contributed by atoms with Gasteiger partial charge in [0.2, 0.25) is 0 Å². The summed E-state index contributed by atoms with van der Waals surface area (Å²) in [6, 6.07) is 3.47. The monoisotopic (exact) mass is 470 g/mol. The zero-order valence-electron chi connectivity index (χ0n) is 12.8. The lowest BCUT2D eigenvalue weighted by atomic mass is 10.3. The molecule has 3 aromatic rings. The molecule has 3 rings (SSSR count). The molecular formula is C14H12Br2N6O3. The number of hydrogen-bond acceptors (Lipinski definition) is 5. The molecule has 0 unspecified atom stereocenters. The Bertz CT molecular complexity index is 915. The third-order valence-corrected chi connectivity index (χ3v) is 5.05. The second-order valence-corrected chi connectivity index (χ2v) is 6.57. The van der Waals surface area contributed by atoms with E-state index in [1.54, 1.807) is 19.2 Å². The van der Waals surface area contributed by atoms with Gasteiger partial charge in [-0.2, -0.15) is 10.2 Å². The van der Waals surface area contributed by atoms with Crippen molar-refractivity contribution in [1.82, 2.24) is 25.3 Å². The second kappa shape index (κ2) is 7.23. The van der Waals surface area contributed by atoms with Crippen LogP contribution in [0.1, 0.15) is 26.7 Å². The molecule has 0 atom stereocenters. The maximum atomic E-state index is 12.3. The van der Waals surface area contributed by atoms with Crippen LogP contribution in [0, 0.1) is 0 Å². The smallest absolute Gasteiger partial charge is 0.277 e. The van der Waals surface area contributed by atoms with Crippen LogP contribution in [0.25, 0.3) is 0 Å². The average Bonchev–Trinajstić information content (AvgIpc) is 3.28. The number of nitrogens with zero attached hydrogens (tertiary/aromatic N) is 3. The number of carbonyl (C=O) groups excluding carboxylic acids is 2. The van der Waals surface area contributed by atoms with Gasteiger partial charge in [-0.25, -0.2) is 0 Å². The minimum Gasteiger partial charge on any atom is -0.467 e. The van der Waals surface area contributed by atoms with Crippen molar-refractivity contribution >= 4 is 49.4 Å². The van der Waals surface area contributed by atoms with Crippen LogP contribution in [0.2, 0.25) is 0 Å². The minimum atomic E-state index is -0.484. The molecule has 0 aliphatic rings. The number of aromatic amines is 1. The third kappa shape index (κ3) is 3.82. The first-order valence-corrected chi connectivity index (χ1v) is 8.59. The molecule has 0 radical (unpaired) electrons. The maximum absolute atomic E-state index is 12.3. The summed E-state index contributed by atoms with van der Waals surface area (Å²) >= 11 is 6.47. The summed E-state index contributed by atoms with van der Waals surface area (Å²) < 4.78 is 7.62. The summed E-state index contributed by atoms with van der Waals surface area (Å²) in [5.74, 6) is -0.309. The molecule has 0 spiro atoms. The van der Waals surface area contributed by atoms with E-state index in [0.717, 1.165) is 0 Å². The number of anilines is 1. The Hall–Kier alpha value is -2.40. The highest BCUT2D eigenvalue weighted by molar-refractivity contribution is 9.13. The van der Waals surface area contributed by atoms with Crippen LogP contribution in [0.5, 0.6) is 0 Å². The zero-order chi connectivity index (χ0) is 18.0. The van der Waals surface area contributed by atoms with E-state index < -0.39 is 11.8 Å². The first-order valence-electron chi connectivity index (χ1n) is 7.00. The largest absolute Gasteiger partial charge is 0.467 e. The summed E-state index contributed by atoms with van der Waals surface area (Å²) in [5.41, 5.74) is 0.515. The van der Waals surface area contributed by atoms with Crippen LogP contribution in [-0.2, 0) is 13.6 Å². The highest BCUT2D eigenvalue weighted by Gasteiger charge is 2.22. The van der Waals surface area contributed by atoms with Crippen LogP contribution in [0.3, 0.4) is 0 Å². The molecule has 130 valence electrons. The van der Waals surface area contributed by atoms with Crippen molar-refractivity contribution in [1.29, 1.82) is 0 Å². The molecular weight excluding hydrogens is 460 g/mol. The lowest BCUT2D eigenvalue weighted by Gasteiger charge is -2.05. The van der Waals surface area contributed by atoms with Crippen LogP contribution < -0.4 is 10.6 Å². The highest BCUT2D eigenvalue weighted by Crippen LogP contribution is 2.25. The van der Waals surface area contributed by atoms with Gasteiger partial charge in [-0.3, -0.25) is 19.4 Å². The number of carbonyl (C=O) groups is 2. The van der Waals surface area contributed by atoms with Crippen molar-refractivity contribution in [3.63, 3.8) is 0 Å². The molecule has 9 nitrogen and oxygen atoms in total. The molecule has 0 bridgehead atoms. The highest BCUT2D eigenvalue weighted by atomic mass is 79.9. The molecule has 0 saturated heterocycles. The molecule has 0 aromatic carbocycles. The van der Waals surface area contributed by atoms with Gasteiger partial charge in [-0.1, -0.05) is 0 Å². The first-order chi connectivity index (χ1) is 12.0. The number of amides is 2. The van der Waals surface area contributed by atoms with Crippen LogP contribution in [0.15, 0.2) is 38.1 Å². The van der Waals surface area contributed by atoms with Gasteiger partial charge in [-0.15, -0.1) is 0 Å². The molecule has 3 N–H and O–H groups in total. The van der Waals surface area contributed by atoms with Crippen LogP contribution >= 0.6 is 31.9 Å². The standard InChI is InChI=1S/C14H12Br2N6O3/c1-22-6-8(18-14(24)11-9(15)12(16)20-19-11)10(21-22)13(23)17-5-7-3-2-4-25-7/h2-4,6H,5H2,1H3,(H,17,23)(H,18,24)(H,19,20). The minimum absolute atomic E-state index is 0.0909. The molecule has 3 aromatic heterocycles. The fourth-order valence-electron chi connectivity index (χ4n) is 2.05. The molecule has 0 saturated carbocycles. The van der Waals surface area contributed by atoms with Gasteiger partial charge in [-0.05, 0) is 44.0 Å². The number of nitrogens with one attached hydrogen (secondary N) is 3. The van der Waals surface area contributed by atoms with E-state index in [4.69, 9.17) is 4.42 Å². The molecule has 0 aliphatic heterocycles. The van der Waals surface area contributed by atoms with E-state index >= 15 is 0 Å². The Kier molecular flexibility index (Phi) is 5.04. The molecule has 0 aliphatic carbocycles. The van der Waals surface area contributed by atoms with Crippen molar-refractivity contribution < 1.29 is 14.0 Å². The van der Waals surface area contributed by atoms with E-state index in [1.807, 2.05) is 0 Å². The molecule has 11 heteroatoms. The van der Waals surface area contributed by atoms with Gasteiger partial charge >= 0.3 is 0 Å². The Morgan fingerprint density at radius 2 is 2.12 bits per heavy atom. The van der Waals surface area contributed by atoms with E-state index in [1.165, 1.54) is 17.1 Å². The van der Waals surface area contributed by atoms with Gasteiger partial charge in [0, 0.05) is 13.2 Å². The van der Waals surface area contributed by atoms with Crippen LogP contribution in [0.4, 0.5) is 5.69 Å². The Morgan fingerprint density at radius 3 is 2.76 bits per heavy atom. The van der Waals surface area contributed by atoms with Crippen LogP contribution in [-0.4, -0.2) is 31.8 Å². The summed E-state index contributed by atoms with van der Waals surface area (Å²) in [7, 11) is 1.65. The third-order valence-electron chi connectivity index (χ3n) is 3.18. The van der Waals surface area contributed by atoms with E-state index in [2.05, 4.69) is 57.8 Å². The number of hydrogen-bond donors (Lipinski definition) is 3. The quantitative estimate of drug-likeness (QED) is 0.528. The summed E-state index contributed by atoms with van der Waals surface area (Å²) in [5, 5.41) is 15.9. The summed E-state index contributed by atoms with van der Waals surface area (Å²) in [6.07, 6.45) is 3.06. The fraction of sp³-hybridized carbons (Fsp3) is 0.143. The Balaban J connectivity index is 1.75. The first kappa shape index (κ1) is 17.4. The predicted octanol–water partition coefficient (Wildman–Crippen LogP) is 2.44. The van der Waals surface area contributed by atoms with Crippen molar-refractivity contribution in [2.45, 2.75) is 6.54 Å². The van der Waals surface area contributed by atoms with Crippen molar-refractivity contribution in [3.05, 3.63) is 50.8 Å². The summed E-state index contributed by atoms with van der Waals surface area (Å²) in [4.78, 5) is 24.7. The van der Waals surface area contributed by atoms with Gasteiger partial charge < -0.3 is 15.1 Å². The van der Waals surface area contributed by atoms with Crippen molar-refractivity contribution in [2.75, 3.05) is 5.32 Å². The number of aromatic nitrogens is 4.